The van der Waals surface area contributed by atoms with Gasteiger partial charge >= 0.3 is 5.97 Å². The summed E-state index contributed by atoms with van der Waals surface area (Å²) in [5.74, 6) is -0.494. The maximum Gasteiger partial charge on any atom is 0.331 e. The highest BCUT2D eigenvalue weighted by Gasteiger charge is 2.72. The number of Topliss-reactive ketones (excluding diaryl/α,β-unsaturated/α-hetero) is 2. The zero-order chi connectivity index (χ0) is 32.4. The number of allylic oxidation sites excluding steroid dienone is 1. The van der Waals surface area contributed by atoms with E-state index in [0.717, 1.165) is 56.1 Å². The zero-order valence-corrected chi connectivity index (χ0v) is 27.8. The fourth-order valence-electron chi connectivity index (χ4n) is 11.4. The summed E-state index contributed by atoms with van der Waals surface area (Å²) < 4.78 is 0. The molecule has 3 saturated carbocycles. The molecule has 0 heterocycles. The summed E-state index contributed by atoms with van der Waals surface area (Å²) in [6.45, 7) is 12.1. The molecule has 7 nitrogen and oxygen atoms in total. The van der Waals surface area contributed by atoms with E-state index in [1.54, 1.807) is 0 Å². The summed E-state index contributed by atoms with van der Waals surface area (Å²) in [6, 6.07) is 0. The first kappa shape index (κ1) is 33.5. The molecule has 5 rings (SSSR count). The van der Waals surface area contributed by atoms with Crippen molar-refractivity contribution in [3.63, 3.8) is 0 Å². The highest BCUT2D eigenvalue weighted by molar-refractivity contribution is 6.01. The molecular formula is C37H56O7. The first-order valence-electron chi connectivity index (χ1n) is 17.3. The van der Waals surface area contributed by atoms with Crippen LogP contribution >= 0.6 is 0 Å². The van der Waals surface area contributed by atoms with Gasteiger partial charge < -0.3 is 20.4 Å². The number of carbonyl (C=O) groups excluding carboxylic acids is 2. The third-order valence-electron chi connectivity index (χ3n) is 13.7. The van der Waals surface area contributed by atoms with Crippen LogP contribution in [0, 0.1) is 45.3 Å². The molecule has 0 radical (unpaired) electrons. The third kappa shape index (κ3) is 4.90. The number of aliphatic hydroxyl groups excluding tert-OH is 3. The van der Waals surface area contributed by atoms with Gasteiger partial charge in [-0.2, -0.15) is 0 Å². The monoisotopic (exact) mass is 612 g/mol. The number of hydrogen-bond donors (Lipinski definition) is 4. The SMILES string of the molecule is C/C(=C\[C@@H](O)C[C@@H](C)[C@H]1C[C@H](O)[C@@]2(C)C3=C4C(=O)C[C@]12CCCCC[C@@]41CCC(=O)[C@@](C)(CCC(C)C)[C@H]1C[C@H]3O)C(=O)O. The smallest absolute Gasteiger partial charge is 0.331 e. The maximum absolute atomic E-state index is 14.8. The fourth-order valence-corrected chi connectivity index (χ4v) is 11.4. The molecule has 0 saturated heterocycles. The number of rotatable bonds is 8. The standard InChI is InChI=1S/C37H56O7/c1-21(2)10-14-34(5)28-19-26(39)31-32-27(40)20-37(13-9-7-8-12-36(28,32)15-11-29(34)41)25(18-30(42)35(31,37)6)22(3)16-24(38)17-23(4)33(43)44/h17,21-22,24-26,28,30,38-39,42H,7-16,18-20H2,1-6H3,(H,43,44)/b23-17+/t22-,24+,25-,26-,28-,30+,34+,35+,36+,37-/m1/s1. The Bertz CT molecular complexity index is 1250. The van der Waals surface area contributed by atoms with Gasteiger partial charge in [0.2, 0.25) is 0 Å². The van der Waals surface area contributed by atoms with Crippen LogP contribution in [0.2, 0.25) is 0 Å². The molecule has 5 aliphatic carbocycles. The fraction of sp³-hybridized carbons (Fsp3) is 0.811. The average Bonchev–Trinajstić information content (AvgIpc) is 3.17. The van der Waals surface area contributed by atoms with E-state index in [9.17, 15) is 34.8 Å². The number of hydrogen-bond acceptors (Lipinski definition) is 6. The molecule has 0 aromatic rings. The first-order chi connectivity index (χ1) is 20.5. The van der Waals surface area contributed by atoms with Gasteiger partial charge in [0.25, 0.3) is 0 Å². The van der Waals surface area contributed by atoms with Crippen molar-refractivity contribution in [3.05, 3.63) is 22.8 Å². The zero-order valence-electron chi connectivity index (χ0n) is 27.8. The summed E-state index contributed by atoms with van der Waals surface area (Å²) in [5.41, 5.74) is -0.796. The summed E-state index contributed by atoms with van der Waals surface area (Å²) >= 11 is 0. The van der Waals surface area contributed by atoms with Crippen LogP contribution in [0.3, 0.4) is 0 Å². The van der Waals surface area contributed by atoms with Crippen molar-refractivity contribution >= 4 is 17.5 Å². The first-order valence-corrected chi connectivity index (χ1v) is 17.3. The number of carbonyl (C=O) groups is 3. The minimum absolute atomic E-state index is 0.0711. The Morgan fingerprint density at radius 1 is 1.02 bits per heavy atom. The van der Waals surface area contributed by atoms with Gasteiger partial charge in [0.15, 0.2) is 5.78 Å². The van der Waals surface area contributed by atoms with E-state index in [-0.39, 0.29) is 34.9 Å². The molecular weight excluding hydrogens is 556 g/mol. The van der Waals surface area contributed by atoms with Crippen molar-refractivity contribution < 1.29 is 34.8 Å². The average molecular weight is 613 g/mol. The van der Waals surface area contributed by atoms with Crippen LogP contribution in [0.4, 0.5) is 0 Å². The highest BCUT2D eigenvalue weighted by Crippen LogP contribution is 2.74. The second kappa shape index (κ2) is 11.8. The van der Waals surface area contributed by atoms with Crippen LogP contribution in [-0.4, -0.2) is 56.3 Å². The Labute approximate surface area is 263 Å². The number of aliphatic carboxylic acids is 1. The maximum atomic E-state index is 14.8. The topological polar surface area (TPSA) is 132 Å². The Kier molecular flexibility index (Phi) is 8.96. The lowest BCUT2D eigenvalue weighted by molar-refractivity contribution is -0.152. The summed E-state index contributed by atoms with van der Waals surface area (Å²) in [5, 5.41) is 44.4. The molecule has 246 valence electrons. The number of ketones is 2. The van der Waals surface area contributed by atoms with Crippen molar-refractivity contribution in [2.75, 3.05) is 0 Å². The predicted octanol–water partition coefficient (Wildman–Crippen LogP) is 6.18. The van der Waals surface area contributed by atoms with E-state index < -0.39 is 45.9 Å². The Morgan fingerprint density at radius 3 is 2.36 bits per heavy atom. The third-order valence-corrected chi connectivity index (χ3v) is 13.7. The lowest BCUT2D eigenvalue weighted by atomic mass is 9.39. The van der Waals surface area contributed by atoms with Gasteiger partial charge in [-0.3, -0.25) is 9.59 Å². The minimum Gasteiger partial charge on any atom is -0.478 e. The van der Waals surface area contributed by atoms with Gasteiger partial charge in [0.05, 0.1) is 18.3 Å². The van der Waals surface area contributed by atoms with E-state index in [1.807, 2.05) is 0 Å². The molecule has 10 atom stereocenters. The van der Waals surface area contributed by atoms with E-state index in [0.29, 0.717) is 44.4 Å². The Hall–Kier alpha value is -1.83. The van der Waals surface area contributed by atoms with Crippen molar-refractivity contribution in [1.82, 2.24) is 0 Å². The molecule has 2 bridgehead atoms. The van der Waals surface area contributed by atoms with Crippen LogP contribution in [-0.2, 0) is 14.4 Å². The largest absolute Gasteiger partial charge is 0.478 e. The van der Waals surface area contributed by atoms with E-state index in [4.69, 9.17) is 0 Å². The Balaban J connectivity index is 1.63. The van der Waals surface area contributed by atoms with Crippen LogP contribution < -0.4 is 0 Å². The Morgan fingerprint density at radius 2 is 1.70 bits per heavy atom. The second-order valence-corrected chi connectivity index (χ2v) is 16.3. The molecule has 0 amide bonds. The van der Waals surface area contributed by atoms with Crippen LogP contribution in [0.25, 0.3) is 0 Å². The molecule has 0 aromatic carbocycles. The molecule has 7 heteroatoms. The molecule has 44 heavy (non-hydrogen) atoms. The van der Waals surface area contributed by atoms with E-state index in [1.165, 1.54) is 13.0 Å². The number of fused-ring (bicyclic) bond motifs is 2. The van der Waals surface area contributed by atoms with Crippen LogP contribution in [0.15, 0.2) is 22.8 Å². The van der Waals surface area contributed by atoms with Crippen molar-refractivity contribution in [2.45, 2.75) is 143 Å². The van der Waals surface area contributed by atoms with Crippen molar-refractivity contribution in [1.29, 1.82) is 0 Å². The van der Waals surface area contributed by atoms with Gasteiger partial charge in [-0.25, -0.2) is 4.79 Å². The molecule has 0 aliphatic heterocycles. The molecule has 3 fully saturated rings. The van der Waals surface area contributed by atoms with Crippen LogP contribution in [0.5, 0.6) is 0 Å². The number of carboxylic acid groups (broad SMARTS) is 1. The summed E-state index contributed by atoms with van der Waals surface area (Å²) in [4.78, 5) is 39.9. The minimum atomic E-state index is -1.06. The van der Waals surface area contributed by atoms with Gasteiger partial charge in [-0.1, -0.05) is 60.3 Å². The van der Waals surface area contributed by atoms with Gasteiger partial charge in [-0.05, 0) is 92.6 Å². The molecule has 2 spiro atoms. The number of aliphatic hydroxyl groups is 3. The second-order valence-electron chi connectivity index (χ2n) is 16.3. The van der Waals surface area contributed by atoms with E-state index in [2.05, 4.69) is 34.6 Å². The van der Waals surface area contributed by atoms with Crippen LogP contribution in [0.1, 0.15) is 125 Å². The highest BCUT2D eigenvalue weighted by atomic mass is 16.4. The summed E-state index contributed by atoms with van der Waals surface area (Å²) in [7, 11) is 0. The van der Waals surface area contributed by atoms with Gasteiger partial charge in [-0.15, -0.1) is 0 Å². The lowest BCUT2D eigenvalue weighted by Crippen LogP contribution is -2.62. The predicted molar refractivity (Wildman–Crippen MR) is 169 cm³/mol. The molecule has 5 aliphatic rings. The lowest BCUT2D eigenvalue weighted by Gasteiger charge is -2.64. The van der Waals surface area contributed by atoms with Crippen molar-refractivity contribution in [2.24, 2.45) is 45.3 Å². The van der Waals surface area contributed by atoms with Gasteiger partial charge in [0, 0.05) is 40.2 Å². The van der Waals surface area contributed by atoms with Gasteiger partial charge in [0.1, 0.15) is 5.78 Å². The molecule has 0 unspecified atom stereocenters. The molecule has 4 N–H and O–H groups in total. The normalized spacial score (nSPS) is 42.3. The summed E-state index contributed by atoms with van der Waals surface area (Å²) in [6.07, 6.45) is 7.69. The number of carboxylic acids is 1. The van der Waals surface area contributed by atoms with E-state index >= 15 is 0 Å². The quantitative estimate of drug-likeness (QED) is 0.241. The molecule has 0 aromatic heterocycles. The van der Waals surface area contributed by atoms with Crippen molar-refractivity contribution in [3.8, 4) is 0 Å².